The maximum absolute atomic E-state index is 12.6. The van der Waals surface area contributed by atoms with Gasteiger partial charge < -0.3 is 19.4 Å². The molecule has 1 unspecified atom stereocenters. The molecule has 1 aliphatic heterocycles. The highest BCUT2D eigenvalue weighted by Gasteiger charge is 2.33. The van der Waals surface area contributed by atoms with Gasteiger partial charge in [0.05, 0.1) is 26.3 Å². The monoisotopic (exact) mass is 342 g/mol. The molecule has 1 aromatic carbocycles. The van der Waals surface area contributed by atoms with Gasteiger partial charge >= 0.3 is 0 Å². The highest BCUT2D eigenvalue weighted by molar-refractivity contribution is 5.89. The van der Waals surface area contributed by atoms with Gasteiger partial charge in [-0.25, -0.2) is 0 Å². The van der Waals surface area contributed by atoms with Crippen molar-refractivity contribution >= 4 is 11.8 Å². The molecule has 6 heteroatoms. The van der Waals surface area contributed by atoms with Crippen molar-refractivity contribution in [3.63, 3.8) is 0 Å². The van der Waals surface area contributed by atoms with Crippen LogP contribution in [0, 0.1) is 0 Å². The SMILES string of the molecule is COc1ccc(CC(=O)N2CCCC2C(=O)NCc2ccco2)cc1. The number of hydrogen-bond donors (Lipinski definition) is 1. The normalized spacial score (nSPS) is 16.7. The molecule has 0 radical (unpaired) electrons. The Balaban J connectivity index is 1.57. The molecular formula is C19H22N2O4. The third-order valence-electron chi connectivity index (χ3n) is 4.41. The quantitative estimate of drug-likeness (QED) is 0.873. The standard InChI is InChI=1S/C19H22N2O4/c1-24-15-8-6-14(7-9-15)12-18(22)21-10-2-5-17(21)19(23)20-13-16-4-3-11-25-16/h3-4,6-9,11,17H,2,5,10,12-13H2,1H3,(H,20,23). The average Bonchev–Trinajstić information content (AvgIpc) is 3.32. The third-order valence-corrected chi connectivity index (χ3v) is 4.41. The van der Waals surface area contributed by atoms with Gasteiger partial charge in [0, 0.05) is 6.54 Å². The summed E-state index contributed by atoms with van der Waals surface area (Å²) in [6.07, 6.45) is 3.39. The Morgan fingerprint density at radius 2 is 2.08 bits per heavy atom. The van der Waals surface area contributed by atoms with E-state index in [0.29, 0.717) is 25.3 Å². The van der Waals surface area contributed by atoms with Crippen LogP contribution in [0.4, 0.5) is 0 Å². The number of furan rings is 1. The zero-order valence-corrected chi connectivity index (χ0v) is 14.2. The number of methoxy groups -OCH3 is 1. The van der Waals surface area contributed by atoms with Crippen LogP contribution < -0.4 is 10.1 Å². The molecule has 1 aromatic heterocycles. The minimum atomic E-state index is -0.402. The van der Waals surface area contributed by atoms with E-state index in [4.69, 9.17) is 9.15 Å². The van der Waals surface area contributed by atoms with Gasteiger partial charge in [0.2, 0.25) is 11.8 Å². The highest BCUT2D eigenvalue weighted by atomic mass is 16.5. The molecule has 2 amide bonds. The molecule has 1 N–H and O–H groups in total. The van der Waals surface area contributed by atoms with Gasteiger partial charge in [-0.1, -0.05) is 12.1 Å². The third kappa shape index (κ3) is 4.21. The molecule has 0 aliphatic carbocycles. The maximum atomic E-state index is 12.6. The first-order valence-electron chi connectivity index (χ1n) is 8.40. The van der Waals surface area contributed by atoms with Crippen LogP contribution in [0.2, 0.25) is 0 Å². The van der Waals surface area contributed by atoms with Crippen molar-refractivity contribution in [2.45, 2.75) is 31.8 Å². The summed E-state index contributed by atoms with van der Waals surface area (Å²) in [5.41, 5.74) is 0.910. The Bertz CT molecular complexity index is 710. The van der Waals surface area contributed by atoms with E-state index in [-0.39, 0.29) is 18.2 Å². The van der Waals surface area contributed by atoms with Crippen LogP contribution in [0.15, 0.2) is 47.1 Å². The number of nitrogens with one attached hydrogen (secondary N) is 1. The number of amides is 2. The van der Waals surface area contributed by atoms with Crippen molar-refractivity contribution in [1.82, 2.24) is 10.2 Å². The molecule has 0 spiro atoms. The summed E-state index contributed by atoms with van der Waals surface area (Å²) in [4.78, 5) is 26.7. The van der Waals surface area contributed by atoms with E-state index in [2.05, 4.69) is 5.32 Å². The van der Waals surface area contributed by atoms with E-state index in [9.17, 15) is 9.59 Å². The second-order valence-corrected chi connectivity index (χ2v) is 6.07. The first-order valence-corrected chi connectivity index (χ1v) is 8.40. The van der Waals surface area contributed by atoms with Crippen molar-refractivity contribution in [3.05, 3.63) is 54.0 Å². The van der Waals surface area contributed by atoms with Crippen LogP contribution in [0.5, 0.6) is 5.75 Å². The molecule has 1 fully saturated rings. The molecule has 1 aliphatic rings. The summed E-state index contributed by atoms with van der Waals surface area (Å²) < 4.78 is 10.3. The van der Waals surface area contributed by atoms with Crippen molar-refractivity contribution in [1.29, 1.82) is 0 Å². The fourth-order valence-electron chi connectivity index (χ4n) is 3.06. The predicted octanol–water partition coefficient (Wildman–Crippen LogP) is 2.14. The average molecular weight is 342 g/mol. The van der Waals surface area contributed by atoms with Gasteiger partial charge in [0.1, 0.15) is 17.6 Å². The Morgan fingerprint density at radius 1 is 1.28 bits per heavy atom. The number of rotatable bonds is 6. The van der Waals surface area contributed by atoms with Crippen LogP contribution >= 0.6 is 0 Å². The molecule has 1 atom stereocenters. The number of carbonyl (C=O) groups is 2. The summed E-state index contributed by atoms with van der Waals surface area (Å²) in [7, 11) is 1.61. The molecule has 3 rings (SSSR count). The van der Waals surface area contributed by atoms with Gasteiger partial charge in [0.25, 0.3) is 0 Å². The van der Waals surface area contributed by atoms with E-state index in [1.54, 1.807) is 24.3 Å². The molecule has 2 aromatic rings. The largest absolute Gasteiger partial charge is 0.497 e. The molecular weight excluding hydrogens is 320 g/mol. The van der Waals surface area contributed by atoms with Gasteiger partial charge in [-0.2, -0.15) is 0 Å². The van der Waals surface area contributed by atoms with Crippen molar-refractivity contribution < 1.29 is 18.7 Å². The molecule has 132 valence electrons. The van der Waals surface area contributed by atoms with Crippen LogP contribution in [0.25, 0.3) is 0 Å². The lowest BCUT2D eigenvalue weighted by atomic mass is 10.1. The van der Waals surface area contributed by atoms with E-state index < -0.39 is 6.04 Å². The summed E-state index contributed by atoms with van der Waals surface area (Å²) in [6.45, 7) is 0.955. The van der Waals surface area contributed by atoms with Crippen molar-refractivity contribution in [3.8, 4) is 5.75 Å². The molecule has 2 heterocycles. The van der Waals surface area contributed by atoms with E-state index in [1.807, 2.05) is 30.3 Å². The molecule has 25 heavy (non-hydrogen) atoms. The number of carbonyl (C=O) groups excluding carboxylic acids is 2. The molecule has 0 saturated carbocycles. The fourth-order valence-corrected chi connectivity index (χ4v) is 3.06. The molecule has 6 nitrogen and oxygen atoms in total. The van der Waals surface area contributed by atoms with Crippen molar-refractivity contribution in [2.24, 2.45) is 0 Å². The Hall–Kier alpha value is -2.76. The zero-order chi connectivity index (χ0) is 17.6. The first kappa shape index (κ1) is 17.1. The summed E-state index contributed by atoms with van der Waals surface area (Å²) in [6, 6.07) is 10.6. The Labute approximate surface area is 146 Å². The lowest BCUT2D eigenvalue weighted by Gasteiger charge is -2.24. The van der Waals surface area contributed by atoms with Gasteiger partial charge in [-0.05, 0) is 42.7 Å². The van der Waals surface area contributed by atoms with E-state index in [1.165, 1.54) is 0 Å². The number of nitrogens with zero attached hydrogens (tertiary/aromatic N) is 1. The number of likely N-dealkylation sites (tertiary alicyclic amines) is 1. The zero-order valence-electron chi connectivity index (χ0n) is 14.2. The highest BCUT2D eigenvalue weighted by Crippen LogP contribution is 2.20. The van der Waals surface area contributed by atoms with Gasteiger partial charge in [0.15, 0.2) is 0 Å². The lowest BCUT2D eigenvalue weighted by Crippen LogP contribution is -2.46. The number of hydrogen-bond acceptors (Lipinski definition) is 4. The minimum absolute atomic E-state index is 0.0270. The van der Waals surface area contributed by atoms with Crippen LogP contribution in [0.3, 0.4) is 0 Å². The predicted molar refractivity (Wildman–Crippen MR) is 92.0 cm³/mol. The second-order valence-electron chi connectivity index (χ2n) is 6.07. The Kier molecular flexibility index (Phi) is 5.38. The minimum Gasteiger partial charge on any atom is -0.497 e. The molecule has 1 saturated heterocycles. The second kappa shape index (κ2) is 7.88. The number of ether oxygens (including phenoxy) is 1. The van der Waals surface area contributed by atoms with Gasteiger partial charge in [-0.3, -0.25) is 9.59 Å². The lowest BCUT2D eigenvalue weighted by molar-refractivity contribution is -0.138. The molecule has 0 bridgehead atoms. The Morgan fingerprint density at radius 3 is 2.76 bits per heavy atom. The van der Waals surface area contributed by atoms with Crippen LogP contribution in [-0.4, -0.2) is 36.4 Å². The summed E-state index contributed by atoms with van der Waals surface area (Å²) in [5, 5.41) is 2.85. The fraction of sp³-hybridized carbons (Fsp3) is 0.368. The number of benzene rings is 1. The van der Waals surface area contributed by atoms with Gasteiger partial charge in [-0.15, -0.1) is 0 Å². The van der Waals surface area contributed by atoms with Crippen molar-refractivity contribution in [2.75, 3.05) is 13.7 Å². The summed E-state index contributed by atoms with van der Waals surface area (Å²) >= 11 is 0. The van der Waals surface area contributed by atoms with Crippen LogP contribution in [0.1, 0.15) is 24.2 Å². The maximum Gasteiger partial charge on any atom is 0.243 e. The smallest absolute Gasteiger partial charge is 0.243 e. The van der Waals surface area contributed by atoms with E-state index in [0.717, 1.165) is 17.7 Å². The van der Waals surface area contributed by atoms with E-state index >= 15 is 0 Å². The first-order chi connectivity index (χ1) is 12.2. The topological polar surface area (TPSA) is 71.8 Å². The van der Waals surface area contributed by atoms with Crippen LogP contribution in [-0.2, 0) is 22.6 Å². The summed E-state index contributed by atoms with van der Waals surface area (Å²) in [5.74, 6) is 1.30.